The number of hydrogen-bond acceptors (Lipinski definition) is 7. The van der Waals surface area contributed by atoms with Crippen LogP contribution in [-0.4, -0.2) is 51.5 Å². The number of hydrogen-bond donors (Lipinski definition) is 2. The molecular formula is C19H28N6O3S. The second-order valence-corrected chi connectivity index (χ2v) is 9.28. The summed E-state index contributed by atoms with van der Waals surface area (Å²) in [5.41, 5.74) is -0.271. The smallest absolute Gasteiger partial charge is 0.273 e. The van der Waals surface area contributed by atoms with Crippen LogP contribution < -0.4 is 21.1 Å². The Balaban J connectivity index is 1.80. The first-order chi connectivity index (χ1) is 13.7. The molecule has 2 N–H and O–H groups in total. The number of thiazole rings is 1. The summed E-state index contributed by atoms with van der Waals surface area (Å²) in [4.78, 5) is 48.0. The van der Waals surface area contributed by atoms with Crippen LogP contribution in [0.2, 0.25) is 0 Å². The fourth-order valence-electron chi connectivity index (χ4n) is 3.38. The molecule has 1 fully saturated rings. The van der Waals surface area contributed by atoms with Gasteiger partial charge in [0.05, 0.1) is 5.92 Å². The molecular weight excluding hydrogens is 392 g/mol. The zero-order chi connectivity index (χ0) is 21.2. The zero-order valence-electron chi connectivity index (χ0n) is 17.3. The quantitative estimate of drug-likeness (QED) is 0.750. The minimum absolute atomic E-state index is 0.0589. The molecule has 10 heteroatoms. The number of amides is 2. The highest BCUT2D eigenvalue weighted by molar-refractivity contribution is 7.22. The lowest BCUT2D eigenvalue weighted by atomic mass is 9.97. The molecule has 1 saturated heterocycles. The summed E-state index contributed by atoms with van der Waals surface area (Å²) in [6.07, 6.45) is 3.10. The highest BCUT2D eigenvalue weighted by Gasteiger charge is 2.27. The van der Waals surface area contributed by atoms with Gasteiger partial charge in [-0.25, -0.2) is 4.98 Å². The lowest BCUT2D eigenvalue weighted by Crippen LogP contribution is -2.43. The standard InChI is InChI=1S/C19H28N6O3S/c1-5-20-16(27)12-7-6-8-24(9-12)18-22-15-14(29-18)17(28)25(11-21-15)10-13(26)23-19(2,3)4/h11-12H,5-10H2,1-4H3,(H,20,27)(H,23,26). The van der Waals surface area contributed by atoms with Crippen molar-refractivity contribution in [3.8, 4) is 0 Å². The van der Waals surface area contributed by atoms with E-state index >= 15 is 0 Å². The Bertz CT molecular complexity index is 961. The third-order valence-corrected chi connectivity index (χ3v) is 5.71. The van der Waals surface area contributed by atoms with Crippen LogP contribution in [0, 0.1) is 5.92 Å². The van der Waals surface area contributed by atoms with Gasteiger partial charge in [0.1, 0.15) is 17.6 Å². The van der Waals surface area contributed by atoms with Crippen LogP contribution in [0.4, 0.5) is 5.13 Å². The van der Waals surface area contributed by atoms with Gasteiger partial charge in [-0.1, -0.05) is 11.3 Å². The number of piperidine rings is 1. The Labute approximate surface area is 173 Å². The summed E-state index contributed by atoms with van der Waals surface area (Å²) in [5, 5.41) is 6.41. The van der Waals surface area contributed by atoms with Crippen molar-refractivity contribution in [1.82, 2.24) is 25.2 Å². The maximum atomic E-state index is 12.8. The predicted molar refractivity (Wildman–Crippen MR) is 113 cm³/mol. The number of nitrogens with zero attached hydrogens (tertiary/aromatic N) is 4. The molecule has 29 heavy (non-hydrogen) atoms. The van der Waals surface area contributed by atoms with Gasteiger partial charge in [-0.2, -0.15) is 4.98 Å². The van der Waals surface area contributed by atoms with Crippen LogP contribution in [0.3, 0.4) is 0 Å². The van der Waals surface area contributed by atoms with Crippen LogP contribution in [0.5, 0.6) is 0 Å². The minimum Gasteiger partial charge on any atom is -0.356 e. The van der Waals surface area contributed by atoms with Gasteiger partial charge < -0.3 is 15.5 Å². The van der Waals surface area contributed by atoms with Crippen LogP contribution in [0.1, 0.15) is 40.5 Å². The topological polar surface area (TPSA) is 109 Å². The Morgan fingerprint density at radius 3 is 2.79 bits per heavy atom. The fraction of sp³-hybridized carbons (Fsp3) is 0.632. The van der Waals surface area contributed by atoms with E-state index in [1.54, 1.807) is 0 Å². The average molecular weight is 421 g/mol. The van der Waals surface area contributed by atoms with Crippen molar-refractivity contribution in [3.63, 3.8) is 0 Å². The molecule has 0 spiro atoms. The van der Waals surface area contributed by atoms with Gasteiger partial charge in [0, 0.05) is 25.2 Å². The molecule has 0 radical (unpaired) electrons. The Morgan fingerprint density at radius 1 is 1.34 bits per heavy atom. The van der Waals surface area contributed by atoms with Gasteiger partial charge in [0.2, 0.25) is 11.8 Å². The van der Waals surface area contributed by atoms with E-state index in [1.165, 1.54) is 22.2 Å². The van der Waals surface area contributed by atoms with E-state index in [0.29, 0.717) is 28.6 Å². The lowest BCUT2D eigenvalue weighted by molar-refractivity contribution is -0.125. The Hall–Kier alpha value is -2.49. The number of fused-ring (bicyclic) bond motifs is 1. The van der Waals surface area contributed by atoms with Crippen molar-refractivity contribution in [2.75, 3.05) is 24.5 Å². The van der Waals surface area contributed by atoms with E-state index in [2.05, 4.69) is 20.6 Å². The summed E-state index contributed by atoms with van der Waals surface area (Å²) >= 11 is 1.27. The van der Waals surface area contributed by atoms with Crippen LogP contribution in [0.25, 0.3) is 10.3 Å². The number of anilines is 1. The predicted octanol–water partition coefficient (Wildman–Crippen LogP) is 1.12. The highest BCUT2D eigenvalue weighted by atomic mass is 32.1. The molecule has 3 heterocycles. The molecule has 0 aromatic carbocycles. The minimum atomic E-state index is -0.370. The molecule has 1 atom stereocenters. The van der Waals surface area contributed by atoms with E-state index < -0.39 is 0 Å². The number of nitrogens with one attached hydrogen (secondary N) is 2. The van der Waals surface area contributed by atoms with Gasteiger partial charge in [0.25, 0.3) is 5.56 Å². The fourth-order valence-corrected chi connectivity index (χ4v) is 4.38. The summed E-state index contributed by atoms with van der Waals surface area (Å²) < 4.78 is 1.73. The molecule has 1 aliphatic heterocycles. The van der Waals surface area contributed by atoms with Crippen LogP contribution in [0.15, 0.2) is 11.1 Å². The zero-order valence-corrected chi connectivity index (χ0v) is 18.1. The number of carbonyl (C=O) groups is 2. The first-order valence-corrected chi connectivity index (χ1v) is 10.7. The van der Waals surface area contributed by atoms with E-state index in [0.717, 1.165) is 19.4 Å². The normalized spacial score (nSPS) is 17.4. The summed E-state index contributed by atoms with van der Waals surface area (Å²) in [6, 6.07) is 0. The van der Waals surface area contributed by atoms with E-state index in [-0.39, 0.29) is 35.4 Å². The molecule has 0 bridgehead atoms. The van der Waals surface area contributed by atoms with Crippen molar-refractivity contribution in [2.24, 2.45) is 5.92 Å². The maximum Gasteiger partial charge on any atom is 0.273 e. The maximum absolute atomic E-state index is 12.8. The van der Waals surface area contributed by atoms with Gasteiger partial charge in [0.15, 0.2) is 10.8 Å². The van der Waals surface area contributed by atoms with E-state index in [4.69, 9.17) is 0 Å². The third-order valence-electron chi connectivity index (χ3n) is 4.61. The van der Waals surface area contributed by atoms with Crippen molar-refractivity contribution in [3.05, 3.63) is 16.7 Å². The second-order valence-electron chi connectivity index (χ2n) is 8.30. The van der Waals surface area contributed by atoms with Gasteiger partial charge in [-0.3, -0.25) is 19.0 Å². The summed E-state index contributed by atoms with van der Waals surface area (Å²) in [5.74, 6) is -0.267. The SMILES string of the molecule is CCNC(=O)C1CCCN(c2nc3ncn(CC(=O)NC(C)(C)C)c(=O)c3s2)C1. The molecule has 0 aliphatic carbocycles. The van der Waals surface area contributed by atoms with E-state index in [9.17, 15) is 14.4 Å². The average Bonchev–Trinajstić information content (AvgIpc) is 3.08. The van der Waals surface area contributed by atoms with Crippen molar-refractivity contribution in [2.45, 2.75) is 52.6 Å². The molecule has 158 valence electrons. The molecule has 1 unspecified atom stereocenters. The Kier molecular flexibility index (Phi) is 6.21. The molecule has 0 saturated carbocycles. The van der Waals surface area contributed by atoms with Crippen molar-refractivity contribution in [1.29, 1.82) is 0 Å². The number of aromatic nitrogens is 3. The molecule has 2 aromatic rings. The van der Waals surface area contributed by atoms with Crippen molar-refractivity contribution >= 4 is 38.6 Å². The van der Waals surface area contributed by atoms with Gasteiger partial charge in [-0.15, -0.1) is 0 Å². The first kappa shape index (κ1) is 21.2. The first-order valence-electron chi connectivity index (χ1n) is 9.87. The molecule has 2 aromatic heterocycles. The second kappa shape index (κ2) is 8.48. The van der Waals surface area contributed by atoms with Gasteiger partial charge in [-0.05, 0) is 40.5 Å². The van der Waals surface area contributed by atoms with Crippen LogP contribution in [-0.2, 0) is 16.1 Å². The third kappa shape index (κ3) is 5.11. The monoisotopic (exact) mass is 420 g/mol. The molecule has 3 rings (SSSR count). The number of rotatable bonds is 5. The highest BCUT2D eigenvalue weighted by Crippen LogP contribution is 2.29. The molecule has 2 amide bonds. The molecule has 1 aliphatic rings. The lowest BCUT2D eigenvalue weighted by Gasteiger charge is -2.31. The summed E-state index contributed by atoms with van der Waals surface area (Å²) in [6.45, 7) is 9.46. The van der Waals surface area contributed by atoms with Crippen LogP contribution >= 0.6 is 11.3 Å². The van der Waals surface area contributed by atoms with Gasteiger partial charge >= 0.3 is 0 Å². The number of carbonyl (C=O) groups excluding carboxylic acids is 2. The van der Waals surface area contributed by atoms with E-state index in [1.807, 2.05) is 32.6 Å². The largest absolute Gasteiger partial charge is 0.356 e. The van der Waals surface area contributed by atoms with Crippen molar-refractivity contribution < 1.29 is 9.59 Å². The molecule has 9 nitrogen and oxygen atoms in total. The summed E-state index contributed by atoms with van der Waals surface area (Å²) in [7, 11) is 0. The Morgan fingerprint density at radius 2 is 2.10 bits per heavy atom.